The normalized spacial score (nSPS) is 34.8. The lowest BCUT2D eigenvalue weighted by Crippen LogP contribution is -2.63. The topological polar surface area (TPSA) is 66.5 Å². The molecule has 2 fully saturated rings. The summed E-state index contributed by atoms with van der Waals surface area (Å²) in [5, 5.41) is 2.98. The minimum atomic E-state index is -0.766. The monoisotopic (exact) mass is 342 g/mol. The summed E-state index contributed by atoms with van der Waals surface area (Å²) in [6.45, 7) is 7.61. The van der Waals surface area contributed by atoms with Gasteiger partial charge in [0.15, 0.2) is 0 Å². The van der Waals surface area contributed by atoms with Crippen LogP contribution < -0.4 is 5.32 Å². The van der Waals surface area contributed by atoms with E-state index in [9.17, 15) is 14.4 Å². The molecule has 2 atom stereocenters. The molecule has 1 heterocycles. The van der Waals surface area contributed by atoms with Crippen molar-refractivity contribution in [1.29, 1.82) is 0 Å². The molecule has 0 aromatic heterocycles. The van der Waals surface area contributed by atoms with Crippen LogP contribution in [0, 0.1) is 23.2 Å². The van der Waals surface area contributed by atoms with E-state index in [-0.39, 0.29) is 17.7 Å². The van der Waals surface area contributed by atoms with Crippen molar-refractivity contribution >= 4 is 23.4 Å². The summed E-state index contributed by atoms with van der Waals surface area (Å²) in [7, 11) is 1.55. The SMILES string of the molecule is Cc1cccc(NC(=O)C2(C)CC3(C)CC(C)(C2)C(=O)N(C)C3=O)c1. The Kier molecular flexibility index (Phi) is 3.82. The van der Waals surface area contributed by atoms with Crippen molar-refractivity contribution in [3.05, 3.63) is 29.8 Å². The predicted molar refractivity (Wildman–Crippen MR) is 95.8 cm³/mol. The van der Waals surface area contributed by atoms with E-state index >= 15 is 0 Å². The van der Waals surface area contributed by atoms with Crippen molar-refractivity contribution in [2.24, 2.45) is 16.2 Å². The summed E-state index contributed by atoms with van der Waals surface area (Å²) in [4.78, 5) is 39.7. The summed E-state index contributed by atoms with van der Waals surface area (Å²) in [5.74, 6) is -0.478. The van der Waals surface area contributed by atoms with Crippen LogP contribution in [0.1, 0.15) is 45.6 Å². The van der Waals surface area contributed by atoms with E-state index < -0.39 is 16.2 Å². The zero-order chi connectivity index (χ0) is 18.6. The molecule has 3 rings (SSSR count). The van der Waals surface area contributed by atoms with Crippen LogP contribution in [0.4, 0.5) is 5.69 Å². The number of piperidine rings is 1. The highest BCUT2D eigenvalue weighted by atomic mass is 16.2. The molecule has 25 heavy (non-hydrogen) atoms. The molecule has 1 aliphatic heterocycles. The highest BCUT2D eigenvalue weighted by Crippen LogP contribution is 2.58. The Balaban J connectivity index is 1.92. The quantitative estimate of drug-likeness (QED) is 0.840. The fourth-order valence-corrected chi connectivity index (χ4v) is 5.14. The van der Waals surface area contributed by atoms with Crippen LogP contribution in [0.3, 0.4) is 0 Å². The second-order valence-electron chi connectivity index (χ2n) is 8.71. The molecule has 0 spiro atoms. The van der Waals surface area contributed by atoms with E-state index in [1.54, 1.807) is 7.05 Å². The fourth-order valence-electron chi connectivity index (χ4n) is 5.14. The van der Waals surface area contributed by atoms with Crippen molar-refractivity contribution in [2.75, 3.05) is 12.4 Å². The van der Waals surface area contributed by atoms with Crippen LogP contribution in [0.2, 0.25) is 0 Å². The van der Waals surface area contributed by atoms with Crippen molar-refractivity contribution < 1.29 is 14.4 Å². The highest BCUT2D eigenvalue weighted by Gasteiger charge is 2.62. The largest absolute Gasteiger partial charge is 0.326 e. The fraction of sp³-hybridized carbons (Fsp3) is 0.550. The average Bonchev–Trinajstić information content (AvgIpc) is 2.50. The molecule has 5 heteroatoms. The Hall–Kier alpha value is -2.17. The van der Waals surface area contributed by atoms with E-state index in [1.165, 1.54) is 4.90 Å². The molecule has 3 amide bonds. The Morgan fingerprint density at radius 2 is 1.60 bits per heavy atom. The number of aryl methyl sites for hydroxylation is 1. The average molecular weight is 342 g/mol. The van der Waals surface area contributed by atoms with Gasteiger partial charge in [0.1, 0.15) is 0 Å². The summed E-state index contributed by atoms with van der Waals surface area (Å²) < 4.78 is 0. The Labute approximate surface area is 148 Å². The number of rotatable bonds is 2. The van der Waals surface area contributed by atoms with Crippen LogP contribution in [0.25, 0.3) is 0 Å². The van der Waals surface area contributed by atoms with Crippen LogP contribution in [0.5, 0.6) is 0 Å². The molecule has 2 unspecified atom stereocenters. The van der Waals surface area contributed by atoms with E-state index in [1.807, 2.05) is 52.0 Å². The van der Waals surface area contributed by atoms with Crippen molar-refractivity contribution in [3.8, 4) is 0 Å². The lowest BCUT2D eigenvalue weighted by molar-refractivity contribution is -0.177. The number of benzene rings is 1. The zero-order valence-electron chi connectivity index (χ0n) is 15.6. The van der Waals surface area contributed by atoms with Gasteiger partial charge in [0.25, 0.3) is 0 Å². The molecule has 2 aliphatic rings. The molecule has 1 aromatic rings. The maximum Gasteiger partial charge on any atom is 0.234 e. The van der Waals surface area contributed by atoms with Gasteiger partial charge in [0.05, 0.1) is 0 Å². The summed E-state index contributed by atoms with van der Waals surface area (Å²) in [5.41, 5.74) is -0.331. The molecule has 0 radical (unpaired) electrons. The number of amides is 3. The van der Waals surface area contributed by atoms with Gasteiger partial charge < -0.3 is 5.32 Å². The maximum atomic E-state index is 13.1. The molecule has 2 bridgehead atoms. The predicted octanol–water partition coefficient (Wildman–Crippen LogP) is 3.13. The number of anilines is 1. The second kappa shape index (κ2) is 5.41. The Morgan fingerprint density at radius 3 is 2.12 bits per heavy atom. The zero-order valence-corrected chi connectivity index (χ0v) is 15.6. The molecule has 5 nitrogen and oxygen atoms in total. The number of nitrogens with one attached hydrogen (secondary N) is 1. The summed E-state index contributed by atoms with van der Waals surface area (Å²) >= 11 is 0. The summed E-state index contributed by atoms with van der Waals surface area (Å²) in [6, 6.07) is 7.63. The molecule has 1 saturated carbocycles. The van der Waals surface area contributed by atoms with Crippen LogP contribution in [0.15, 0.2) is 24.3 Å². The number of imide groups is 1. The van der Waals surface area contributed by atoms with E-state index in [0.717, 1.165) is 11.3 Å². The smallest absolute Gasteiger partial charge is 0.234 e. The lowest BCUT2D eigenvalue weighted by atomic mass is 9.51. The van der Waals surface area contributed by atoms with Crippen LogP contribution in [-0.2, 0) is 14.4 Å². The number of fused-ring (bicyclic) bond motifs is 2. The first kappa shape index (κ1) is 17.6. The van der Waals surface area contributed by atoms with E-state index in [2.05, 4.69) is 5.32 Å². The molecule has 1 saturated heterocycles. The Bertz CT molecular complexity index is 742. The van der Waals surface area contributed by atoms with Gasteiger partial charge >= 0.3 is 0 Å². The van der Waals surface area contributed by atoms with Gasteiger partial charge in [-0.05, 0) is 43.9 Å². The molecular weight excluding hydrogens is 316 g/mol. The first-order valence-electron chi connectivity index (χ1n) is 8.70. The number of hydrogen-bond acceptors (Lipinski definition) is 3. The number of nitrogens with zero attached hydrogens (tertiary/aromatic N) is 1. The highest BCUT2D eigenvalue weighted by molar-refractivity contribution is 6.05. The van der Waals surface area contributed by atoms with Gasteiger partial charge in [-0.1, -0.05) is 32.9 Å². The number of hydrogen-bond donors (Lipinski definition) is 1. The number of carbonyl (C=O) groups is 3. The van der Waals surface area contributed by atoms with Gasteiger partial charge in [-0.2, -0.15) is 0 Å². The first-order valence-corrected chi connectivity index (χ1v) is 8.70. The van der Waals surface area contributed by atoms with Crippen LogP contribution in [-0.4, -0.2) is 29.7 Å². The maximum absolute atomic E-state index is 13.1. The second-order valence-corrected chi connectivity index (χ2v) is 8.71. The lowest BCUT2D eigenvalue weighted by Gasteiger charge is -2.55. The molecular formula is C20H26N2O3. The van der Waals surface area contributed by atoms with Gasteiger partial charge in [0.2, 0.25) is 17.7 Å². The standard InChI is InChI=1S/C20H26N2O3/c1-13-7-6-8-14(9-13)21-15(23)18(2)10-19(3)12-20(4,11-18)17(25)22(5)16(19)24/h6-9H,10-12H2,1-5H3,(H,21,23). The first-order chi connectivity index (χ1) is 11.5. The van der Waals surface area contributed by atoms with Gasteiger partial charge in [-0.25, -0.2) is 0 Å². The molecule has 1 aromatic carbocycles. The third kappa shape index (κ3) is 2.75. The number of carbonyl (C=O) groups excluding carboxylic acids is 3. The molecule has 1 aliphatic carbocycles. The van der Waals surface area contributed by atoms with Crippen molar-refractivity contribution in [1.82, 2.24) is 4.90 Å². The van der Waals surface area contributed by atoms with E-state index in [0.29, 0.717) is 19.3 Å². The van der Waals surface area contributed by atoms with Gasteiger partial charge in [-0.15, -0.1) is 0 Å². The minimum Gasteiger partial charge on any atom is -0.326 e. The van der Waals surface area contributed by atoms with Crippen molar-refractivity contribution in [2.45, 2.75) is 47.0 Å². The van der Waals surface area contributed by atoms with E-state index in [4.69, 9.17) is 0 Å². The number of likely N-dealkylation sites (tertiary alicyclic amines) is 1. The molecule has 134 valence electrons. The van der Waals surface area contributed by atoms with Gasteiger partial charge in [-0.3, -0.25) is 19.3 Å². The minimum absolute atomic E-state index is 0.125. The summed E-state index contributed by atoms with van der Waals surface area (Å²) in [6.07, 6.45) is 1.41. The molecule has 1 N–H and O–H groups in total. The third-order valence-corrected chi connectivity index (χ3v) is 5.81. The van der Waals surface area contributed by atoms with Crippen LogP contribution >= 0.6 is 0 Å². The van der Waals surface area contributed by atoms with Crippen molar-refractivity contribution in [3.63, 3.8) is 0 Å². The third-order valence-electron chi connectivity index (χ3n) is 5.81. The van der Waals surface area contributed by atoms with Gasteiger partial charge in [0, 0.05) is 29.0 Å². The Morgan fingerprint density at radius 1 is 1.04 bits per heavy atom.